The lowest BCUT2D eigenvalue weighted by Gasteiger charge is -2.16. The number of benzene rings is 1. The molecule has 0 aliphatic carbocycles. The molecule has 1 rings (SSSR count). The second kappa shape index (κ2) is 7.37. The van der Waals surface area contributed by atoms with Gasteiger partial charge in [0.05, 0.1) is 0 Å². The first-order valence-corrected chi connectivity index (χ1v) is 7.01. The Labute approximate surface area is 106 Å². The molecule has 1 aromatic rings. The molecule has 0 bridgehead atoms. The van der Waals surface area contributed by atoms with Crippen molar-refractivity contribution in [3.8, 4) is 5.75 Å². The Kier molecular flexibility index (Phi) is 6.10. The highest BCUT2D eigenvalue weighted by Gasteiger charge is 2.13. The molecule has 96 valence electrons. The number of hydrogen-bond acceptors (Lipinski definition) is 1. The lowest BCUT2D eigenvalue weighted by Crippen LogP contribution is -1.99. The Hall–Kier alpha value is -0.980. The molecular formula is C16H26O. The number of aryl methyl sites for hydroxylation is 1. The third-order valence-corrected chi connectivity index (χ3v) is 3.58. The van der Waals surface area contributed by atoms with E-state index >= 15 is 0 Å². The minimum atomic E-state index is 0.456. The fraction of sp³-hybridized carbons (Fsp3) is 0.625. The standard InChI is InChI=1S/C16H26O/c1-4-6-7-8-10-14-11-9-12-15(17)16(14)13(3)5-2/h9,11-13,17H,4-8,10H2,1-3H3. The van der Waals surface area contributed by atoms with Crippen molar-refractivity contribution in [1.29, 1.82) is 0 Å². The first-order chi connectivity index (χ1) is 8.20. The molecule has 1 heteroatoms. The lowest BCUT2D eigenvalue weighted by atomic mass is 9.90. The van der Waals surface area contributed by atoms with E-state index < -0.39 is 0 Å². The summed E-state index contributed by atoms with van der Waals surface area (Å²) >= 11 is 0. The van der Waals surface area contributed by atoms with Gasteiger partial charge in [-0.1, -0.05) is 52.2 Å². The van der Waals surface area contributed by atoms with E-state index in [1.54, 1.807) is 0 Å². The van der Waals surface area contributed by atoms with Crippen molar-refractivity contribution in [2.75, 3.05) is 0 Å². The average Bonchev–Trinajstić information content (AvgIpc) is 2.34. The van der Waals surface area contributed by atoms with Crippen LogP contribution in [0.2, 0.25) is 0 Å². The van der Waals surface area contributed by atoms with Gasteiger partial charge < -0.3 is 5.11 Å². The van der Waals surface area contributed by atoms with Crippen LogP contribution in [0, 0.1) is 0 Å². The molecule has 0 aliphatic heterocycles. The molecule has 0 aliphatic rings. The number of hydrogen-bond donors (Lipinski definition) is 1. The monoisotopic (exact) mass is 234 g/mol. The van der Waals surface area contributed by atoms with Gasteiger partial charge >= 0.3 is 0 Å². The highest BCUT2D eigenvalue weighted by Crippen LogP contribution is 2.31. The van der Waals surface area contributed by atoms with Crippen LogP contribution in [0.5, 0.6) is 5.75 Å². The Bertz CT molecular complexity index is 330. The summed E-state index contributed by atoms with van der Waals surface area (Å²) in [5, 5.41) is 10.00. The van der Waals surface area contributed by atoms with E-state index in [-0.39, 0.29) is 0 Å². The van der Waals surface area contributed by atoms with Crippen molar-refractivity contribution < 1.29 is 5.11 Å². The molecule has 0 saturated heterocycles. The largest absolute Gasteiger partial charge is 0.508 e. The molecular weight excluding hydrogens is 208 g/mol. The molecule has 0 spiro atoms. The SMILES string of the molecule is CCCCCCc1cccc(O)c1C(C)CC. The zero-order valence-electron chi connectivity index (χ0n) is 11.5. The quantitative estimate of drug-likeness (QED) is 0.656. The molecule has 0 saturated carbocycles. The maximum Gasteiger partial charge on any atom is 0.119 e. The van der Waals surface area contributed by atoms with Crippen LogP contribution in [-0.4, -0.2) is 5.11 Å². The first-order valence-electron chi connectivity index (χ1n) is 7.01. The molecule has 1 nitrogen and oxygen atoms in total. The third-order valence-electron chi connectivity index (χ3n) is 3.58. The van der Waals surface area contributed by atoms with Crippen molar-refractivity contribution in [3.63, 3.8) is 0 Å². The fourth-order valence-electron chi connectivity index (χ4n) is 2.33. The van der Waals surface area contributed by atoms with Gasteiger partial charge in [-0.3, -0.25) is 0 Å². The highest BCUT2D eigenvalue weighted by atomic mass is 16.3. The van der Waals surface area contributed by atoms with Crippen LogP contribution in [0.15, 0.2) is 18.2 Å². The number of unbranched alkanes of at least 4 members (excludes halogenated alkanes) is 3. The molecule has 0 aromatic heterocycles. The molecule has 0 radical (unpaired) electrons. The maximum atomic E-state index is 10.00. The molecule has 1 N–H and O–H groups in total. The van der Waals surface area contributed by atoms with Crippen molar-refractivity contribution in [2.24, 2.45) is 0 Å². The molecule has 0 fully saturated rings. The average molecular weight is 234 g/mol. The van der Waals surface area contributed by atoms with E-state index in [1.807, 2.05) is 12.1 Å². The molecule has 0 heterocycles. The van der Waals surface area contributed by atoms with Gasteiger partial charge in [-0.05, 0) is 42.4 Å². The summed E-state index contributed by atoms with van der Waals surface area (Å²) in [6.45, 7) is 6.61. The molecule has 1 atom stereocenters. The summed E-state index contributed by atoms with van der Waals surface area (Å²) in [5.74, 6) is 0.935. The van der Waals surface area contributed by atoms with Crippen LogP contribution in [0.25, 0.3) is 0 Å². The van der Waals surface area contributed by atoms with Gasteiger partial charge in [0.15, 0.2) is 0 Å². The van der Waals surface area contributed by atoms with Crippen LogP contribution in [0.3, 0.4) is 0 Å². The Morgan fingerprint density at radius 2 is 1.88 bits per heavy atom. The Balaban J connectivity index is 2.73. The summed E-state index contributed by atoms with van der Waals surface area (Å²) in [4.78, 5) is 0. The summed E-state index contributed by atoms with van der Waals surface area (Å²) in [6, 6.07) is 5.96. The van der Waals surface area contributed by atoms with E-state index in [9.17, 15) is 5.11 Å². The van der Waals surface area contributed by atoms with Gasteiger partial charge in [0.25, 0.3) is 0 Å². The normalized spacial score (nSPS) is 12.6. The number of phenolic OH excluding ortho intramolecular Hbond substituents is 1. The van der Waals surface area contributed by atoms with Crippen LogP contribution in [0.4, 0.5) is 0 Å². The number of aromatic hydroxyl groups is 1. The highest BCUT2D eigenvalue weighted by molar-refractivity contribution is 5.41. The van der Waals surface area contributed by atoms with Gasteiger partial charge in [-0.15, -0.1) is 0 Å². The van der Waals surface area contributed by atoms with Crippen LogP contribution >= 0.6 is 0 Å². The smallest absolute Gasteiger partial charge is 0.119 e. The van der Waals surface area contributed by atoms with Crippen molar-refractivity contribution >= 4 is 0 Å². The zero-order valence-corrected chi connectivity index (χ0v) is 11.5. The van der Waals surface area contributed by atoms with Gasteiger partial charge in [0.2, 0.25) is 0 Å². The summed E-state index contributed by atoms with van der Waals surface area (Å²) in [6.07, 6.45) is 7.32. The predicted octanol–water partition coefficient (Wildman–Crippen LogP) is 5.03. The summed E-state index contributed by atoms with van der Waals surface area (Å²) < 4.78 is 0. The van der Waals surface area contributed by atoms with Crippen LogP contribution < -0.4 is 0 Å². The van der Waals surface area contributed by atoms with Crippen molar-refractivity contribution in [1.82, 2.24) is 0 Å². The molecule has 1 unspecified atom stereocenters. The van der Waals surface area contributed by atoms with E-state index in [0.29, 0.717) is 11.7 Å². The lowest BCUT2D eigenvalue weighted by molar-refractivity contribution is 0.460. The number of rotatable bonds is 7. The molecule has 0 amide bonds. The second-order valence-electron chi connectivity index (χ2n) is 4.97. The third kappa shape index (κ3) is 4.07. The minimum absolute atomic E-state index is 0.456. The fourth-order valence-corrected chi connectivity index (χ4v) is 2.33. The van der Waals surface area contributed by atoms with Crippen LogP contribution in [0.1, 0.15) is 69.9 Å². The summed E-state index contributed by atoms with van der Waals surface area (Å²) in [7, 11) is 0. The summed E-state index contributed by atoms with van der Waals surface area (Å²) in [5.41, 5.74) is 2.52. The zero-order chi connectivity index (χ0) is 12.7. The van der Waals surface area contributed by atoms with E-state index in [4.69, 9.17) is 0 Å². The van der Waals surface area contributed by atoms with Gasteiger partial charge in [-0.2, -0.15) is 0 Å². The molecule has 17 heavy (non-hydrogen) atoms. The van der Waals surface area contributed by atoms with E-state index in [1.165, 1.54) is 36.8 Å². The molecule has 1 aromatic carbocycles. The predicted molar refractivity (Wildman–Crippen MR) is 74.7 cm³/mol. The van der Waals surface area contributed by atoms with Crippen molar-refractivity contribution in [2.45, 2.75) is 65.2 Å². The Morgan fingerprint density at radius 3 is 2.53 bits per heavy atom. The maximum absolute atomic E-state index is 10.00. The van der Waals surface area contributed by atoms with Crippen molar-refractivity contribution in [3.05, 3.63) is 29.3 Å². The van der Waals surface area contributed by atoms with Gasteiger partial charge in [0.1, 0.15) is 5.75 Å². The van der Waals surface area contributed by atoms with Crippen LogP contribution in [-0.2, 0) is 6.42 Å². The number of phenols is 1. The minimum Gasteiger partial charge on any atom is -0.508 e. The van der Waals surface area contributed by atoms with Gasteiger partial charge in [-0.25, -0.2) is 0 Å². The second-order valence-corrected chi connectivity index (χ2v) is 4.97. The van der Waals surface area contributed by atoms with E-state index in [0.717, 1.165) is 12.8 Å². The topological polar surface area (TPSA) is 20.2 Å². The Morgan fingerprint density at radius 1 is 1.12 bits per heavy atom. The van der Waals surface area contributed by atoms with E-state index in [2.05, 4.69) is 26.8 Å². The van der Waals surface area contributed by atoms with Gasteiger partial charge in [0, 0.05) is 0 Å². The first kappa shape index (κ1) is 14.1.